The maximum absolute atomic E-state index is 13.7. The largest absolute Gasteiger partial charge is 1.00 e. The van der Waals surface area contributed by atoms with E-state index in [9.17, 15) is 4.39 Å². The zero-order valence-corrected chi connectivity index (χ0v) is 20.1. The molecule has 2 N–H and O–H groups in total. The van der Waals surface area contributed by atoms with Crippen LogP contribution in [0.15, 0.2) is 36.7 Å². The standard InChI is InChI=1S/C17H18FN4OS.C2H6.K/c1-23-15-5-4-11(18)8-12(15)13-9-19-7-6-14(13)20-17-22-21-16(24-17)10-2-3-10;1-2;/h4-10,16-17,21-22H,2-3H2,1H3;1-2H3;/q-1;;+1. The van der Waals surface area contributed by atoms with Gasteiger partial charge in [0.15, 0.2) is 0 Å². The predicted octanol–water partition coefficient (Wildman–Crippen LogP) is 1.79. The average molecular weight is 415 g/mol. The van der Waals surface area contributed by atoms with Gasteiger partial charge < -0.3 is 10.1 Å². The third kappa shape index (κ3) is 5.90. The molecule has 1 aromatic heterocycles. The molecule has 0 amide bonds. The van der Waals surface area contributed by atoms with E-state index in [2.05, 4.69) is 15.8 Å². The summed E-state index contributed by atoms with van der Waals surface area (Å²) >= 11 is 1.78. The summed E-state index contributed by atoms with van der Waals surface area (Å²) in [4.78, 5) is 4.17. The van der Waals surface area contributed by atoms with Crippen LogP contribution < -0.4 is 67.0 Å². The number of hydrazine groups is 1. The monoisotopic (exact) mass is 414 g/mol. The van der Waals surface area contributed by atoms with Gasteiger partial charge in [0.05, 0.1) is 12.5 Å². The van der Waals surface area contributed by atoms with Crippen LogP contribution in [-0.2, 0) is 0 Å². The van der Waals surface area contributed by atoms with Gasteiger partial charge in [0.1, 0.15) is 11.6 Å². The number of halogens is 1. The summed E-state index contributed by atoms with van der Waals surface area (Å²) < 4.78 is 19.1. The second-order valence-corrected chi connectivity index (χ2v) is 7.13. The van der Waals surface area contributed by atoms with Gasteiger partial charge in [-0.1, -0.05) is 19.9 Å². The van der Waals surface area contributed by atoms with Crippen LogP contribution >= 0.6 is 11.8 Å². The van der Waals surface area contributed by atoms with E-state index in [1.807, 2.05) is 19.9 Å². The molecule has 140 valence electrons. The third-order valence-corrected chi connectivity index (χ3v) is 5.46. The molecule has 4 rings (SSSR count). The Labute approximate surface area is 207 Å². The van der Waals surface area contributed by atoms with Crippen molar-refractivity contribution in [2.75, 3.05) is 7.11 Å². The Balaban J connectivity index is 0.000000844. The number of nitrogens with zero attached hydrogens (tertiary/aromatic N) is 2. The number of aromatic nitrogens is 1. The fraction of sp³-hybridized carbons (Fsp3) is 0.421. The number of ether oxygens (including phenoxy) is 1. The van der Waals surface area contributed by atoms with Crippen molar-refractivity contribution >= 4 is 17.4 Å². The zero-order chi connectivity index (χ0) is 18.5. The van der Waals surface area contributed by atoms with E-state index >= 15 is 0 Å². The minimum atomic E-state index is -0.315. The van der Waals surface area contributed by atoms with Crippen molar-refractivity contribution in [3.8, 4) is 16.9 Å². The molecule has 1 saturated heterocycles. The normalized spacial score (nSPS) is 20.9. The molecule has 8 heteroatoms. The third-order valence-electron chi connectivity index (χ3n) is 4.18. The molecule has 2 aromatic rings. The van der Waals surface area contributed by atoms with Crippen LogP contribution in [0.2, 0.25) is 0 Å². The number of hydrogen-bond acceptors (Lipinski definition) is 5. The number of pyridine rings is 1. The molecule has 2 fully saturated rings. The summed E-state index contributed by atoms with van der Waals surface area (Å²) in [5, 5.41) is 5.18. The van der Waals surface area contributed by atoms with Gasteiger partial charge in [0.25, 0.3) is 0 Å². The Kier molecular flexibility index (Phi) is 9.50. The number of benzene rings is 1. The molecule has 0 spiro atoms. The molecule has 0 bridgehead atoms. The molecule has 27 heavy (non-hydrogen) atoms. The zero-order valence-electron chi connectivity index (χ0n) is 16.2. The molecule has 0 radical (unpaired) electrons. The molecule has 2 atom stereocenters. The van der Waals surface area contributed by atoms with E-state index in [0.717, 1.165) is 17.2 Å². The van der Waals surface area contributed by atoms with E-state index in [-0.39, 0.29) is 62.7 Å². The minimum Gasteiger partial charge on any atom is -0.660 e. The van der Waals surface area contributed by atoms with Gasteiger partial charge in [-0.3, -0.25) is 10.4 Å². The first-order valence-corrected chi connectivity index (χ1v) is 9.84. The minimum absolute atomic E-state index is 0. The van der Waals surface area contributed by atoms with Gasteiger partial charge in [-0.15, -0.1) is 17.4 Å². The molecular weight excluding hydrogens is 390 g/mol. The summed E-state index contributed by atoms with van der Waals surface area (Å²) in [5.41, 5.74) is 8.61. The van der Waals surface area contributed by atoms with Gasteiger partial charge in [-0.05, 0) is 48.0 Å². The second-order valence-electron chi connectivity index (χ2n) is 5.90. The SMILES string of the molecule is CC.COc1ccc(F)cc1-c1cnccc1[N-]C1NNC(C2CC2)S1.[K+]. The fourth-order valence-corrected chi connectivity index (χ4v) is 3.99. The van der Waals surface area contributed by atoms with Crippen molar-refractivity contribution < 1.29 is 60.5 Å². The average Bonchev–Trinajstić information content (AvgIpc) is 3.43. The number of methoxy groups -OCH3 is 1. The van der Waals surface area contributed by atoms with Crippen LogP contribution in [0.25, 0.3) is 16.4 Å². The summed E-state index contributed by atoms with van der Waals surface area (Å²) in [5.74, 6) is 1.02. The first-order chi connectivity index (χ1) is 12.7. The number of rotatable bonds is 5. The molecule has 2 aliphatic rings. The Bertz CT molecular complexity index is 747. The Hall–Kier alpha value is -0.194. The van der Waals surface area contributed by atoms with Gasteiger partial charge in [0.2, 0.25) is 0 Å². The van der Waals surface area contributed by atoms with Gasteiger partial charge >= 0.3 is 51.4 Å². The summed E-state index contributed by atoms with van der Waals surface area (Å²) in [6, 6.07) is 6.30. The van der Waals surface area contributed by atoms with Crippen LogP contribution in [0.1, 0.15) is 26.7 Å². The summed E-state index contributed by atoms with van der Waals surface area (Å²) in [6.45, 7) is 4.00. The maximum atomic E-state index is 13.7. The van der Waals surface area contributed by atoms with Crippen molar-refractivity contribution in [3.05, 3.63) is 47.8 Å². The Morgan fingerprint density at radius 1 is 1.19 bits per heavy atom. The molecule has 2 heterocycles. The van der Waals surface area contributed by atoms with Crippen molar-refractivity contribution in [1.82, 2.24) is 15.8 Å². The first-order valence-electron chi connectivity index (χ1n) is 8.90. The Morgan fingerprint density at radius 3 is 2.67 bits per heavy atom. The molecular formula is C19H24FKN4OS. The molecule has 1 saturated carbocycles. The molecule has 1 aliphatic heterocycles. The fourth-order valence-electron chi connectivity index (χ4n) is 2.78. The number of hydrogen-bond donors (Lipinski definition) is 2. The topological polar surface area (TPSA) is 60.3 Å². The molecule has 1 aliphatic carbocycles. The van der Waals surface area contributed by atoms with E-state index in [4.69, 9.17) is 10.1 Å². The quantitative estimate of drug-likeness (QED) is 0.731. The molecule has 1 aromatic carbocycles. The maximum Gasteiger partial charge on any atom is 1.00 e. The first kappa shape index (κ1) is 23.1. The molecule has 2 unspecified atom stereocenters. The number of thioether (sulfide) groups is 1. The van der Waals surface area contributed by atoms with Gasteiger partial charge in [-0.25, -0.2) is 9.82 Å². The van der Waals surface area contributed by atoms with Crippen LogP contribution in [0.5, 0.6) is 5.75 Å². The van der Waals surface area contributed by atoms with Crippen molar-refractivity contribution in [2.45, 2.75) is 37.6 Å². The summed E-state index contributed by atoms with van der Waals surface area (Å²) in [6.07, 6.45) is 5.95. The van der Waals surface area contributed by atoms with Crippen LogP contribution in [0, 0.1) is 11.7 Å². The van der Waals surface area contributed by atoms with Gasteiger partial charge in [-0.2, -0.15) is 0 Å². The van der Waals surface area contributed by atoms with E-state index in [0.29, 0.717) is 16.7 Å². The van der Waals surface area contributed by atoms with Crippen molar-refractivity contribution in [2.24, 2.45) is 5.92 Å². The van der Waals surface area contributed by atoms with Crippen LogP contribution in [0.3, 0.4) is 0 Å². The van der Waals surface area contributed by atoms with E-state index in [1.54, 1.807) is 37.3 Å². The predicted molar refractivity (Wildman–Crippen MR) is 105 cm³/mol. The van der Waals surface area contributed by atoms with Crippen LogP contribution in [-0.4, -0.2) is 23.0 Å². The Morgan fingerprint density at radius 2 is 1.96 bits per heavy atom. The number of nitrogens with one attached hydrogen (secondary N) is 2. The van der Waals surface area contributed by atoms with Crippen molar-refractivity contribution in [1.29, 1.82) is 0 Å². The van der Waals surface area contributed by atoms with Crippen molar-refractivity contribution in [3.63, 3.8) is 0 Å². The van der Waals surface area contributed by atoms with E-state index in [1.165, 1.54) is 25.0 Å². The van der Waals surface area contributed by atoms with Crippen LogP contribution in [0.4, 0.5) is 10.1 Å². The summed E-state index contributed by atoms with van der Waals surface area (Å²) in [7, 11) is 1.57. The van der Waals surface area contributed by atoms with Gasteiger partial charge in [0, 0.05) is 18.0 Å². The second kappa shape index (κ2) is 11.1. The molecule has 5 nitrogen and oxygen atoms in total. The smallest absolute Gasteiger partial charge is 0.660 e. The van der Waals surface area contributed by atoms with E-state index < -0.39 is 0 Å².